The Hall–Kier alpha value is -2.54. The van der Waals surface area contributed by atoms with E-state index in [2.05, 4.69) is 4.90 Å². The summed E-state index contributed by atoms with van der Waals surface area (Å²) in [7, 11) is 1.28. The maximum atomic E-state index is 12.9. The summed E-state index contributed by atoms with van der Waals surface area (Å²) in [4.78, 5) is 27.4. The average Bonchev–Trinajstić information content (AvgIpc) is 3.13. The van der Waals surface area contributed by atoms with E-state index in [9.17, 15) is 9.59 Å². The fraction of sp³-hybridized carbons (Fsp3) is 0.474. The van der Waals surface area contributed by atoms with Gasteiger partial charge < -0.3 is 23.7 Å². The zero-order valence-electron chi connectivity index (χ0n) is 14.8. The molecule has 2 aromatic rings. The van der Waals surface area contributed by atoms with Gasteiger partial charge in [0.25, 0.3) is 5.56 Å². The summed E-state index contributed by atoms with van der Waals surface area (Å²) in [5, 5.41) is 0.757. The molecule has 1 aromatic heterocycles. The van der Waals surface area contributed by atoms with Crippen LogP contribution in [-0.2, 0) is 11.3 Å². The molecule has 0 unspecified atom stereocenters. The lowest BCUT2D eigenvalue weighted by Crippen LogP contribution is -2.36. The molecule has 0 amide bonds. The molecular formula is C19H22N2O5. The number of rotatable bonds is 4. The van der Waals surface area contributed by atoms with E-state index in [1.807, 2.05) is 6.07 Å². The lowest BCUT2D eigenvalue weighted by atomic mass is 10.1. The van der Waals surface area contributed by atoms with Gasteiger partial charge in [-0.25, -0.2) is 4.79 Å². The molecule has 7 nitrogen and oxygen atoms in total. The van der Waals surface area contributed by atoms with Crippen molar-refractivity contribution < 1.29 is 19.0 Å². The Kier molecular flexibility index (Phi) is 4.55. The molecule has 0 saturated carbocycles. The molecule has 4 rings (SSSR count). The molecule has 0 radical (unpaired) electrons. The third-order valence-electron chi connectivity index (χ3n) is 5.08. The van der Waals surface area contributed by atoms with Crippen molar-refractivity contribution in [1.29, 1.82) is 0 Å². The van der Waals surface area contributed by atoms with Gasteiger partial charge in [0.1, 0.15) is 5.56 Å². The van der Waals surface area contributed by atoms with Crippen LogP contribution >= 0.6 is 0 Å². The molecule has 1 saturated heterocycles. The minimum atomic E-state index is -0.624. The summed E-state index contributed by atoms with van der Waals surface area (Å²) < 4.78 is 17.3. The first-order valence-electron chi connectivity index (χ1n) is 8.95. The maximum absolute atomic E-state index is 12.9. The third kappa shape index (κ3) is 3.03. The number of esters is 1. The number of pyridine rings is 1. The van der Waals surface area contributed by atoms with Crippen LogP contribution in [-0.4, -0.2) is 49.0 Å². The molecule has 0 atom stereocenters. The highest BCUT2D eigenvalue weighted by molar-refractivity contribution is 5.94. The third-order valence-corrected chi connectivity index (χ3v) is 5.08. The number of carbonyl (C=O) groups is 1. The second-order valence-corrected chi connectivity index (χ2v) is 6.67. The number of hydrogen-bond donors (Lipinski definition) is 0. The zero-order chi connectivity index (χ0) is 18.1. The predicted octanol–water partition coefficient (Wildman–Crippen LogP) is 2.00. The van der Waals surface area contributed by atoms with Crippen molar-refractivity contribution in [3.8, 4) is 11.5 Å². The second-order valence-electron chi connectivity index (χ2n) is 6.67. The van der Waals surface area contributed by atoms with E-state index < -0.39 is 5.97 Å². The zero-order valence-corrected chi connectivity index (χ0v) is 14.8. The summed E-state index contributed by atoms with van der Waals surface area (Å²) in [5.41, 5.74) is 0.446. The van der Waals surface area contributed by atoms with Gasteiger partial charge in [-0.15, -0.1) is 0 Å². The molecule has 0 N–H and O–H groups in total. The topological polar surface area (TPSA) is 70.0 Å². The number of likely N-dealkylation sites (tertiary alicyclic amines) is 1. The Morgan fingerprint density at radius 1 is 1.08 bits per heavy atom. The molecule has 1 fully saturated rings. The Balaban J connectivity index is 1.77. The lowest BCUT2D eigenvalue weighted by Gasteiger charge is -2.27. The Morgan fingerprint density at radius 3 is 2.54 bits per heavy atom. The van der Waals surface area contributed by atoms with Gasteiger partial charge in [-0.3, -0.25) is 4.79 Å². The van der Waals surface area contributed by atoms with E-state index in [0.717, 1.165) is 30.5 Å². The smallest absolute Gasteiger partial charge is 0.343 e. The molecule has 0 bridgehead atoms. The highest BCUT2D eigenvalue weighted by Gasteiger charge is 2.21. The van der Waals surface area contributed by atoms with E-state index >= 15 is 0 Å². The van der Waals surface area contributed by atoms with E-state index in [-0.39, 0.29) is 17.9 Å². The lowest BCUT2D eigenvalue weighted by molar-refractivity contribution is 0.0598. The molecule has 3 heterocycles. The first-order valence-corrected chi connectivity index (χ1v) is 8.95. The van der Waals surface area contributed by atoms with Crippen LogP contribution in [0.1, 0.15) is 29.6 Å². The van der Waals surface area contributed by atoms with E-state index in [1.54, 1.807) is 16.7 Å². The molecule has 0 aliphatic carbocycles. The number of nitrogens with zero attached hydrogens (tertiary/aromatic N) is 2. The van der Waals surface area contributed by atoms with Crippen LogP contribution < -0.4 is 15.0 Å². The molecule has 2 aliphatic rings. The molecular weight excluding hydrogens is 336 g/mol. The second kappa shape index (κ2) is 6.99. The van der Waals surface area contributed by atoms with Crippen molar-refractivity contribution in [3.63, 3.8) is 0 Å². The summed E-state index contributed by atoms with van der Waals surface area (Å²) >= 11 is 0. The number of ether oxygens (including phenoxy) is 3. The van der Waals surface area contributed by atoms with Gasteiger partial charge in [0.15, 0.2) is 11.5 Å². The number of piperidine rings is 1. The normalized spacial score (nSPS) is 16.8. The van der Waals surface area contributed by atoms with Crippen LogP contribution in [0.5, 0.6) is 11.5 Å². The van der Waals surface area contributed by atoms with Crippen LogP contribution in [0, 0.1) is 0 Å². The van der Waals surface area contributed by atoms with E-state index in [1.165, 1.54) is 26.4 Å². The average molecular weight is 358 g/mol. The molecule has 7 heteroatoms. The summed E-state index contributed by atoms with van der Waals surface area (Å²) in [6, 6.07) is 5.19. The fourth-order valence-electron chi connectivity index (χ4n) is 3.67. The van der Waals surface area contributed by atoms with Crippen LogP contribution in [0.15, 0.2) is 23.0 Å². The van der Waals surface area contributed by atoms with Gasteiger partial charge >= 0.3 is 5.97 Å². The summed E-state index contributed by atoms with van der Waals surface area (Å²) in [6.07, 6.45) is 3.65. The van der Waals surface area contributed by atoms with E-state index in [0.29, 0.717) is 18.0 Å². The predicted molar refractivity (Wildman–Crippen MR) is 96.0 cm³/mol. The highest BCUT2D eigenvalue weighted by atomic mass is 16.7. The number of carbonyl (C=O) groups excluding carboxylic acids is 1. The minimum Gasteiger partial charge on any atom is -0.465 e. The maximum Gasteiger partial charge on any atom is 0.343 e. The number of fused-ring (bicyclic) bond motifs is 2. The SMILES string of the molecule is COC(=O)c1cc2cc3c(cc2n(CCN2CCCCC2)c1=O)OCO3. The van der Waals surface area contributed by atoms with Crippen molar-refractivity contribution in [2.75, 3.05) is 33.5 Å². The number of methoxy groups -OCH3 is 1. The van der Waals surface area contributed by atoms with Gasteiger partial charge in [0.2, 0.25) is 6.79 Å². The molecule has 1 aromatic carbocycles. The van der Waals surface area contributed by atoms with Crippen LogP contribution in [0.4, 0.5) is 0 Å². The van der Waals surface area contributed by atoms with Crippen molar-refractivity contribution in [1.82, 2.24) is 9.47 Å². The fourth-order valence-corrected chi connectivity index (χ4v) is 3.67. The Morgan fingerprint density at radius 2 is 1.81 bits per heavy atom. The molecule has 26 heavy (non-hydrogen) atoms. The molecule has 138 valence electrons. The quantitative estimate of drug-likeness (QED) is 0.779. The van der Waals surface area contributed by atoms with Crippen LogP contribution in [0.2, 0.25) is 0 Å². The van der Waals surface area contributed by atoms with Crippen molar-refractivity contribution >= 4 is 16.9 Å². The van der Waals surface area contributed by atoms with Gasteiger partial charge in [-0.05, 0) is 38.1 Å². The highest BCUT2D eigenvalue weighted by Crippen LogP contribution is 2.35. The monoisotopic (exact) mass is 358 g/mol. The van der Waals surface area contributed by atoms with Gasteiger partial charge in [-0.1, -0.05) is 6.42 Å². The van der Waals surface area contributed by atoms with E-state index in [4.69, 9.17) is 14.2 Å². The standard InChI is InChI=1S/C19H22N2O5/c1-24-19(23)14-9-13-10-16-17(26-12-25-16)11-15(13)21(18(14)22)8-7-20-5-3-2-4-6-20/h9-11H,2-8,12H2,1H3. The first kappa shape index (κ1) is 16.9. The Bertz CT molecular complexity index is 899. The summed E-state index contributed by atoms with van der Waals surface area (Å²) in [6.45, 7) is 3.55. The number of benzene rings is 1. The van der Waals surface area contributed by atoms with Gasteiger partial charge in [-0.2, -0.15) is 0 Å². The largest absolute Gasteiger partial charge is 0.465 e. The number of hydrogen-bond acceptors (Lipinski definition) is 6. The molecule has 2 aliphatic heterocycles. The first-order chi connectivity index (χ1) is 12.7. The summed E-state index contributed by atoms with van der Waals surface area (Å²) in [5.74, 6) is 0.616. The van der Waals surface area contributed by atoms with Crippen molar-refractivity contribution in [3.05, 3.63) is 34.1 Å². The minimum absolute atomic E-state index is 0.0394. The van der Waals surface area contributed by atoms with Crippen molar-refractivity contribution in [2.24, 2.45) is 0 Å². The van der Waals surface area contributed by atoms with Gasteiger partial charge in [0.05, 0.1) is 12.6 Å². The Labute approximate surface area is 151 Å². The van der Waals surface area contributed by atoms with Crippen LogP contribution in [0.3, 0.4) is 0 Å². The van der Waals surface area contributed by atoms with Gasteiger partial charge in [0, 0.05) is 24.5 Å². The van der Waals surface area contributed by atoms with Crippen LogP contribution in [0.25, 0.3) is 10.9 Å². The van der Waals surface area contributed by atoms with Crippen molar-refractivity contribution in [2.45, 2.75) is 25.8 Å². The molecule has 0 spiro atoms. The number of aromatic nitrogens is 1.